The SMILES string of the molecule is O=Cc1c(OCCCCBr)ccc2ccccc12. The number of rotatable bonds is 6. The number of carbonyl (C=O) groups excluding carboxylic acids is 1. The lowest BCUT2D eigenvalue weighted by atomic mass is 10.0. The number of alkyl halides is 1. The first-order valence-corrected chi connectivity index (χ1v) is 7.14. The Morgan fingerprint density at radius 3 is 2.72 bits per heavy atom. The van der Waals surface area contributed by atoms with Gasteiger partial charge in [0.05, 0.1) is 12.2 Å². The van der Waals surface area contributed by atoms with Gasteiger partial charge in [-0.25, -0.2) is 0 Å². The molecule has 2 aromatic rings. The third-order valence-electron chi connectivity index (χ3n) is 2.83. The van der Waals surface area contributed by atoms with E-state index in [0.717, 1.165) is 35.2 Å². The van der Waals surface area contributed by atoms with Crippen LogP contribution in [0.3, 0.4) is 0 Å². The van der Waals surface area contributed by atoms with Gasteiger partial charge in [-0.05, 0) is 29.7 Å². The van der Waals surface area contributed by atoms with Crippen molar-refractivity contribution in [1.82, 2.24) is 0 Å². The molecule has 2 nitrogen and oxygen atoms in total. The summed E-state index contributed by atoms with van der Waals surface area (Å²) in [5.74, 6) is 0.679. The zero-order chi connectivity index (χ0) is 12.8. The van der Waals surface area contributed by atoms with Gasteiger partial charge < -0.3 is 4.74 Å². The van der Waals surface area contributed by atoms with Crippen LogP contribution in [0.1, 0.15) is 23.2 Å². The summed E-state index contributed by atoms with van der Waals surface area (Å²) < 4.78 is 5.69. The van der Waals surface area contributed by atoms with Crippen LogP contribution in [0.2, 0.25) is 0 Å². The molecule has 2 rings (SSSR count). The first-order chi connectivity index (χ1) is 8.86. The maximum absolute atomic E-state index is 11.2. The van der Waals surface area contributed by atoms with Gasteiger partial charge in [0, 0.05) is 5.33 Å². The molecule has 94 valence electrons. The van der Waals surface area contributed by atoms with Gasteiger partial charge in [0.25, 0.3) is 0 Å². The van der Waals surface area contributed by atoms with Crippen molar-refractivity contribution >= 4 is 33.0 Å². The monoisotopic (exact) mass is 306 g/mol. The van der Waals surface area contributed by atoms with Gasteiger partial charge in [0.2, 0.25) is 0 Å². The fourth-order valence-corrected chi connectivity index (χ4v) is 2.30. The van der Waals surface area contributed by atoms with E-state index in [-0.39, 0.29) is 0 Å². The minimum atomic E-state index is 0.644. The molecule has 0 aliphatic carbocycles. The van der Waals surface area contributed by atoms with Gasteiger partial charge >= 0.3 is 0 Å². The van der Waals surface area contributed by atoms with Crippen molar-refractivity contribution in [1.29, 1.82) is 0 Å². The Labute approximate surface area is 115 Å². The second-order valence-electron chi connectivity index (χ2n) is 4.06. The van der Waals surface area contributed by atoms with Crippen molar-refractivity contribution in [3.05, 3.63) is 42.0 Å². The highest BCUT2D eigenvalue weighted by Gasteiger charge is 2.07. The Morgan fingerprint density at radius 2 is 1.94 bits per heavy atom. The molecule has 0 fully saturated rings. The number of hydrogen-bond donors (Lipinski definition) is 0. The molecule has 0 spiro atoms. The molecule has 0 aliphatic rings. The highest BCUT2D eigenvalue weighted by atomic mass is 79.9. The Kier molecular flexibility index (Phi) is 4.76. The summed E-state index contributed by atoms with van der Waals surface area (Å²) in [5, 5.41) is 2.99. The Hall–Kier alpha value is -1.35. The molecule has 0 unspecified atom stereocenters. The number of fused-ring (bicyclic) bond motifs is 1. The van der Waals surface area contributed by atoms with Crippen molar-refractivity contribution < 1.29 is 9.53 Å². The molecule has 0 heterocycles. The second-order valence-corrected chi connectivity index (χ2v) is 4.85. The van der Waals surface area contributed by atoms with E-state index in [1.165, 1.54) is 0 Å². The molecule has 0 aliphatic heterocycles. The molecule has 0 saturated carbocycles. The topological polar surface area (TPSA) is 26.3 Å². The maximum Gasteiger partial charge on any atom is 0.154 e. The molecule has 0 radical (unpaired) electrons. The number of ether oxygens (including phenoxy) is 1. The van der Waals surface area contributed by atoms with Crippen molar-refractivity contribution in [2.75, 3.05) is 11.9 Å². The first kappa shape index (κ1) is 13.1. The van der Waals surface area contributed by atoms with E-state index >= 15 is 0 Å². The molecule has 0 amide bonds. The van der Waals surface area contributed by atoms with Gasteiger partial charge in [-0.3, -0.25) is 4.79 Å². The molecule has 18 heavy (non-hydrogen) atoms. The van der Waals surface area contributed by atoms with E-state index in [9.17, 15) is 4.79 Å². The third-order valence-corrected chi connectivity index (χ3v) is 3.39. The van der Waals surface area contributed by atoms with Crippen LogP contribution in [0.4, 0.5) is 0 Å². The van der Waals surface area contributed by atoms with E-state index in [1.54, 1.807) is 0 Å². The molecule has 0 aromatic heterocycles. The van der Waals surface area contributed by atoms with E-state index in [2.05, 4.69) is 15.9 Å². The van der Waals surface area contributed by atoms with Crippen LogP contribution in [-0.2, 0) is 0 Å². The second kappa shape index (κ2) is 6.55. The Morgan fingerprint density at radius 1 is 1.11 bits per heavy atom. The van der Waals surface area contributed by atoms with Crippen molar-refractivity contribution in [2.45, 2.75) is 12.8 Å². The zero-order valence-electron chi connectivity index (χ0n) is 10.1. The molecule has 0 N–H and O–H groups in total. The number of unbranched alkanes of at least 4 members (excludes halogenated alkanes) is 1. The highest BCUT2D eigenvalue weighted by molar-refractivity contribution is 9.09. The van der Waals surface area contributed by atoms with Gasteiger partial charge in [-0.2, -0.15) is 0 Å². The lowest BCUT2D eigenvalue weighted by Gasteiger charge is -2.10. The first-order valence-electron chi connectivity index (χ1n) is 6.02. The quantitative estimate of drug-likeness (QED) is 0.454. The van der Waals surface area contributed by atoms with Crippen molar-refractivity contribution in [2.24, 2.45) is 0 Å². The third kappa shape index (κ3) is 2.91. The smallest absolute Gasteiger partial charge is 0.154 e. The molecule has 3 heteroatoms. The van der Waals surface area contributed by atoms with Crippen LogP contribution in [0.5, 0.6) is 5.75 Å². The van der Waals surface area contributed by atoms with Crippen LogP contribution >= 0.6 is 15.9 Å². The largest absolute Gasteiger partial charge is 0.493 e. The Bertz CT molecular complexity index is 537. The van der Waals surface area contributed by atoms with Crippen LogP contribution in [0.15, 0.2) is 36.4 Å². The molecular formula is C15H15BrO2. The lowest BCUT2D eigenvalue weighted by molar-refractivity contribution is 0.112. The standard InChI is InChI=1S/C15H15BrO2/c16-9-3-4-10-18-15-8-7-12-5-1-2-6-13(12)14(15)11-17/h1-2,5-8,11H,3-4,9-10H2. The predicted molar refractivity (Wildman–Crippen MR) is 77.9 cm³/mol. The molecule has 0 bridgehead atoms. The molecular weight excluding hydrogens is 292 g/mol. The van der Waals surface area contributed by atoms with Gasteiger partial charge in [0.15, 0.2) is 6.29 Å². The summed E-state index contributed by atoms with van der Waals surface area (Å²) in [7, 11) is 0. The van der Waals surface area contributed by atoms with Crippen molar-refractivity contribution in [3.8, 4) is 5.75 Å². The average molecular weight is 307 g/mol. The summed E-state index contributed by atoms with van der Waals surface area (Å²) in [5.41, 5.74) is 0.645. The Balaban J connectivity index is 2.24. The van der Waals surface area contributed by atoms with Gasteiger partial charge in [0.1, 0.15) is 5.75 Å². The van der Waals surface area contributed by atoms with E-state index < -0.39 is 0 Å². The minimum Gasteiger partial charge on any atom is -0.493 e. The summed E-state index contributed by atoms with van der Waals surface area (Å²) in [4.78, 5) is 11.2. The summed E-state index contributed by atoms with van der Waals surface area (Å²) >= 11 is 3.38. The molecule has 2 aromatic carbocycles. The number of aldehydes is 1. The number of halogens is 1. The van der Waals surface area contributed by atoms with Gasteiger partial charge in [-0.15, -0.1) is 0 Å². The summed E-state index contributed by atoms with van der Waals surface area (Å²) in [6.45, 7) is 0.644. The lowest BCUT2D eigenvalue weighted by Crippen LogP contribution is -2.00. The average Bonchev–Trinajstić information content (AvgIpc) is 2.43. The van der Waals surface area contributed by atoms with E-state index in [1.807, 2.05) is 36.4 Å². The number of hydrogen-bond acceptors (Lipinski definition) is 2. The van der Waals surface area contributed by atoms with E-state index in [0.29, 0.717) is 17.9 Å². The van der Waals surface area contributed by atoms with Crippen molar-refractivity contribution in [3.63, 3.8) is 0 Å². The molecule has 0 saturated heterocycles. The van der Waals surface area contributed by atoms with Crippen LogP contribution in [-0.4, -0.2) is 18.2 Å². The van der Waals surface area contributed by atoms with E-state index in [4.69, 9.17) is 4.74 Å². The highest BCUT2D eigenvalue weighted by Crippen LogP contribution is 2.26. The predicted octanol–water partition coefficient (Wildman–Crippen LogP) is 4.21. The number of carbonyl (C=O) groups is 1. The maximum atomic E-state index is 11.2. The van der Waals surface area contributed by atoms with Crippen LogP contribution < -0.4 is 4.74 Å². The normalized spacial score (nSPS) is 10.5. The molecule has 0 atom stereocenters. The summed E-state index contributed by atoms with van der Waals surface area (Å²) in [6, 6.07) is 11.7. The van der Waals surface area contributed by atoms with Gasteiger partial charge in [-0.1, -0.05) is 46.3 Å². The fraction of sp³-hybridized carbons (Fsp3) is 0.267. The van der Waals surface area contributed by atoms with Crippen LogP contribution in [0, 0.1) is 0 Å². The van der Waals surface area contributed by atoms with Crippen LogP contribution in [0.25, 0.3) is 10.8 Å². The fourth-order valence-electron chi connectivity index (χ4n) is 1.90. The summed E-state index contributed by atoms with van der Waals surface area (Å²) in [6.07, 6.45) is 2.93. The number of benzene rings is 2. The minimum absolute atomic E-state index is 0.644. The zero-order valence-corrected chi connectivity index (χ0v) is 11.7.